The van der Waals surface area contributed by atoms with Crippen LogP contribution >= 0.6 is 12.2 Å². The number of nitrogens with one attached hydrogen (secondary N) is 2. The first-order valence-corrected chi connectivity index (χ1v) is 13.9. The second-order valence-corrected chi connectivity index (χ2v) is 10.3. The highest BCUT2D eigenvalue weighted by Crippen LogP contribution is 2.42. The van der Waals surface area contributed by atoms with Crippen molar-refractivity contribution in [2.45, 2.75) is 37.6 Å². The second-order valence-electron chi connectivity index (χ2n) is 9.91. The number of carbonyl (C=O) groups is 1. The molecule has 0 radical (unpaired) electrons. The van der Waals surface area contributed by atoms with Gasteiger partial charge in [-0.25, -0.2) is 0 Å². The van der Waals surface area contributed by atoms with Gasteiger partial charge in [0.05, 0.1) is 17.8 Å². The van der Waals surface area contributed by atoms with Gasteiger partial charge in [0.2, 0.25) is 0 Å². The summed E-state index contributed by atoms with van der Waals surface area (Å²) in [6, 6.07) is 26.9. The predicted octanol–water partition coefficient (Wildman–Crippen LogP) is 5.26. The van der Waals surface area contributed by atoms with Crippen LogP contribution in [-0.4, -0.2) is 39.9 Å². The van der Waals surface area contributed by atoms with E-state index < -0.39 is 0 Å². The van der Waals surface area contributed by atoms with Crippen LogP contribution in [0.2, 0.25) is 0 Å². The molecule has 2 aliphatic heterocycles. The topological polar surface area (TPSA) is 80.7 Å². The molecule has 4 aromatic rings. The molecule has 2 aliphatic rings. The van der Waals surface area contributed by atoms with Crippen molar-refractivity contribution in [1.29, 1.82) is 0 Å². The van der Waals surface area contributed by atoms with Gasteiger partial charge in [0.1, 0.15) is 11.8 Å². The minimum absolute atomic E-state index is 0.0680. The van der Waals surface area contributed by atoms with Gasteiger partial charge in [0.15, 0.2) is 11.7 Å². The summed E-state index contributed by atoms with van der Waals surface area (Å²) in [5.74, 6) is 0.427. The van der Waals surface area contributed by atoms with Crippen LogP contribution in [-0.2, 0) is 16.1 Å². The Bertz CT molecular complexity index is 1440. The average molecular weight is 554 g/mol. The Kier molecular flexibility index (Phi) is 7.74. The quantitative estimate of drug-likeness (QED) is 0.274. The number of amides is 1. The first-order chi connectivity index (χ1) is 19.7. The minimum Gasteiger partial charge on any atom is -0.484 e. The number of ether oxygens (including phenoxy) is 2. The van der Waals surface area contributed by atoms with Crippen molar-refractivity contribution in [3.63, 3.8) is 0 Å². The van der Waals surface area contributed by atoms with E-state index in [1.54, 1.807) is 0 Å². The lowest BCUT2D eigenvalue weighted by molar-refractivity contribution is -0.118. The van der Waals surface area contributed by atoms with Crippen LogP contribution in [0.4, 0.5) is 11.4 Å². The van der Waals surface area contributed by atoms with E-state index in [9.17, 15) is 4.79 Å². The van der Waals surface area contributed by atoms with Gasteiger partial charge in [-0.2, -0.15) is 0 Å². The van der Waals surface area contributed by atoms with Crippen LogP contribution in [0.25, 0.3) is 0 Å². The molecule has 8 nitrogen and oxygen atoms in total. The number of thiocarbonyl (C=S) groups is 1. The zero-order chi connectivity index (χ0) is 27.3. The maximum Gasteiger partial charge on any atom is 0.262 e. The van der Waals surface area contributed by atoms with E-state index in [1.165, 1.54) is 0 Å². The van der Waals surface area contributed by atoms with Crippen molar-refractivity contribution < 1.29 is 14.3 Å². The summed E-state index contributed by atoms with van der Waals surface area (Å²) in [7, 11) is 0. The minimum atomic E-state index is -0.227. The molecule has 0 spiro atoms. The van der Waals surface area contributed by atoms with Crippen molar-refractivity contribution in [3.8, 4) is 5.75 Å². The highest BCUT2D eigenvalue weighted by atomic mass is 32.1. The summed E-state index contributed by atoms with van der Waals surface area (Å²) in [6.07, 6.45) is 6.30. The Balaban J connectivity index is 1.23. The molecule has 0 unspecified atom stereocenters. The number of benzene rings is 2. The van der Waals surface area contributed by atoms with Gasteiger partial charge in [-0.05, 0) is 85.7 Å². The molecule has 1 amide bonds. The van der Waals surface area contributed by atoms with Crippen LogP contribution in [0.1, 0.15) is 36.3 Å². The fourth-order valence-electron chi connectivity index (χ4n) is 5.37. The molecule has 0 aliphatic carbocycles. The fourth-order valence-corrected chi connectivity index (χ4v) is 5.72. The van der Waals surface area contributed by atoms with E-state index in [2.05, 4.69) is 43.4 Å². The summed E-state index contributed by atoms with van der Waals surface area (Å²) in [5.41, 5.74) is 3.66. The van der Waals surface area contributed by atoms with Gasteiger partial charge in [-0.15, -0.1) is 0 Å². The molecule has 2 aromatic carbocycles. The van der Waals surface area contributed by atoms with E-state index in [1.807, 2.05) is 79.0 Å². The largest absolute Gasteiger partial charge is 0.484 e. The first-order valence-electron chi connectivity index (χ1n) is 13.5. The number of carbonyl (C=O) groups excluding carboxylic acids is 1. The van der Waals surface area contributed by atoms with E-state index in [4.69, 9.17) is 21.7 Å². The summed E-state index contributed by atoms with van der Waals surface area (Å²) in [6.45, 7) is 1.55. The van der Waals surface area contributed by atoms with Gasteiger partial charge in [-0.1, -0.05) is 24.3 Å². The maximum absolute atomic E-state index is 12.5. The molecule has 2 fully saturated rings. The average Bonchev–Trinajstić information content (AvgIpc) is 3.74. The molecule has 40 heavy (non-hydrogen) atoms. The van der Waals surface area contributed by atoms with Crippen molar-refractivity contribution in [1.82, 2.24) is 14.9 Å². The number of nitrogens with zero attached hydrogens (tertiary/aromatic N) is 3. The highest BCUT2D eigenvalue weighted by Gasteiger charge is 2.42. The van der Waals surface area contributed by atoms with Crippen molar-refractivity contribution in [2.24, 2.45) is 0 Å². The molecule has 0 saturated carbocycles. The molecule has 2 N–H and O–H groups in total. The molecule has 2 saturated heterocycles. The molecule has 6 rings (SSSR count). The van der Waals surface area contributed by atoms with Crippen LogP contribution in [0.15, 0.2) is 97.3 Å². The zero-order valence-electron chi connectivity index (χ0n) is 22.0. The lowest BCUT2D eigenvalue weighted by Gasteiger charge is -2.29. The van der Waals surface area contributed by atoms with Crippen LogP contribution < -0.4 is 20.3 Å². The van der Waals surface area contributed by atoms with Crippen molar-refractivity contribution in [3.05, 3.63) is 109 Å². The number of rotatable bonds is 9. The van der Waals surface area contributed by atoms with Gasteiger partial charge in [0.25, 0.3) is 5.91 Å². The van der Waals surface area contributed by atoms with Gasteiger partial charge in [-0.3, -0.25) is 9.78 Å². The number of anilines is 2. The fraction of sp³-hybridized carbons (Fsp3) is 0.258. The van der Waals surface area contributed by atoms with E-state index >= 15 is 0 Å². The smallest absolute Gasteiger partial charge is 0.262 e. The third-order valence-corrected chi connectivity index (χ3v) is 7.55. The highest BCUT2D eigenvalue weighted by molar-refractivity contribution is 7.80. The van der Waals surface area contributed by atoms with Crippen LogP contribution in [0, 0.1) is 0 Å². The molecule has 4 heterocycles. The SMILES string of the molecule is O=C(COc1ccccc1)Nc1ccc(N2C(=S)N[C@H](c3ccccn3)[C@H]2c2cccn2C[C@@H]2CCCO2)cc1. The number of aromatic nitrogens is 2. The summed E-state index contributed by atoms with van der Waals surface area (Å²) >= 11 is 5.89. The lowest BCUT2D eigenvalue weighted by Crippen LogP contribution is -2.31. The second kappa shape index (κ2) is 11.9. The zero-order valence-corrected chi connectivity index (χ0v) is 22.8. The lowest BCUT2D eigenvalue weighted by atomic mass is 10.0. The Morgan fingerprint density at radius 1 is 1.05 bits per heavy atom. The molecular weight excluding hydrogens is 522 g/mol. The maximum atomic E-state index is 12.5. The summed E-state index contributed by atoms with van der Waals surface area (Å²) in [4.78, 5) is 19.3. The number of hydrogen-bond acceptors (Lipinski definition) is 5. The Morgan fingerprint density at radius 2 is 1.88 bits per heavy atom. The van der Waals surface area contributed by atoms with E-state index in [0.717, 1.165) is 43.1 Å². The third kappa shape index (κ3) is 5.71. The first kappa shape index (κ1) is 26.0. The monoisotopic (exact) mass is 553 g/mol. The van der Waals surface area contributed by atoms with Gasteiger partial charge < -0.3 is 29.6 Å². The molecule has 2 aromatic heterocycles. The number of hydrogen-bond donors (Lipinski definition) is 2. The van der Waals surface area contributed by atoms with E-state index in [0.29, 0.717) is 16.5 Å². The number of para-hydroxylation sites is 1. The molecule has 3 atom stereocenters. The van der Waals surface area contributed by atoms with E-state index in [-0.39, 0.29) is 30.7 Å². The predicted molar refractivity (Wildman–Crippen MR) is 158 cm³/mol. The third-order valence-electron chi connectivity index (χ3n) is 7.23. The van der Waals surface area contributed by atoms with Crippen LogP contribution in [0.3, 0.4) is 0 Å². The Labute approximate surface area is 238 Å². The molecule has 9 heteroatoms. The Hall–Kier alpha value is -4.21. The molecule has 0 bridgehead atoms. The van der Waals surface area contributed by atoms with Crippen molar-refractivity contribution in [2.75, 3.05) is 23.4 Å². The summed E-state index contributed by atoms with van der Waals surface area (Å²) < 4.78 is 13.8. The number of pyridine rings is 1. The summed E-state index contributed by atoms with van der Waals surface area (Å²) in [5, 5.41) is 7.05. The van der Waals surface area contributed by atoms with Gasteiger partial charge in [0, 0.05) is 42.6 Å². The van der Waals surface area contributed by atoms with Crippen LogP contribution in [0.5, 0.6) is 5.75 Å². The van der Waals surface area contributed by atoms with Crippen molar-refractivity contribution >= 4 is 34.6 Å². The van der Waals surface area contributed by atoms with Gasteiger partial charge >= 0.3 is 0 Å². The normalized spacial score (nSPS) is 20.4. The standard InChI is InChI=1S/C31H31N5O3S/c37-28(21-39-24-8-2-1-3-9-24)33-22-13-15-23(16-14-22)36-30(29(34-31(36)40)26-11-4-5-17-32-26)27-12-6-18-35(27)20-25-10-7-19-38-25/h1-6,8-9,11-18,25,29-30H,7,10,19-21H2,(H,33,37)(H,34,40)/t25-,29+,30+/m0/s1. The Morgan fingerprint density at radius 3 is 2.62 bits per heavy atom. The molecule has 204 valence electrons. The molecular formula is C31H31N5O3S.